The zero-order valence-corrected chi connectivity index (χ0v) is 23.1. The molecule has 0 bridgehead atoms. The minimum atomic E-state index is -0.332. The van der Waals surface area contributed by atoms with Gasteiger partial charge in [-0.15, -0.1) is 0 Å². The highest BCUT2D eigenvalue weighted by Crippen LogP contribution is 2.34. The van der Waals surface area contributed by atoms with Gasteiger partial charge in [-0.2, -0.15) is 10.4 Å². The molecule has 0 saturated carbocycles. The molecule has 0 spiro atoms. The van der Waals surface area contributed by atoms with Crippen LogP contribution in [-0.2, 0) is 23.8 Å². The highest BCUT2D eigenvalue weighted by molar-refractivity contribution is 6.32. The van der Waals surface area contributed by atoms with Gasteiger partial charge in [0.1, 0.15) is 11.5 Å². The van der Waals surface area contributed by atoms with Gasteiger partial charge in [0.05, 0.1) is 29.9 Å². The lowest BCUT2D eigenvalue weighted by atomic mass is 9.86. The number of nitrogens with zero attached hydrogens (tertiary/aromatic N) is 5. The van der Waals surface area contributed by atoms with Crippen LogP contribution in [0.15, 0.2) is 24.8 Å². The summed E-state index contributed by atoms with van der Waals surface area (Å²) in [7, 11) is 1.79. The van der Waals surface area contributed by atoms with Crippen LogP contribution < -0.4 is 10.6 Å². The predicted molar refractivity (Wildman–Crippen MR) is 147 cm³/mol. The number of aryl methyl sites for hydroxylation is 1. The number of likely N-dealkylation sites (tertiary alicyclic amines) is 1. The average Bonchev–Trinajstić information content (AvgIpc) is 3.51. The minimum absolute atomic E-state index is 0.125. The summed E-state index contributed by atoms with van der Waals surface area (Å²) in [4.78, 5) is 31.6. The lowest BCUT2D eigenvalue weighted by molar-refractivity contribution is -0.125. The normalized spacial score (nSPS) is 17.4. The molecule has 1 saturated heterocycles. The Morgan fingerprint density at radius 2 is 2.08 bits per heavy atom. The lowest BCUT2D eigenvalue weighted by Crippen LogP contribution is -2.41. The number of carbonyl (C=O) groups excluding carboxylic acids is 2. The van der Waals surface area contributed by atoms with E-state index in [0.29, 0.717) is 47.7 Å². The summed E-state index contributed by atoms with van der Waals surface area (Å²) >= 11 is 6.50. The number of halogens is 1. The summed E-state index contributed by atoms with van der Waals surface area (Å²) in [6, 6.07) is 5.76. The molecule has 1 fully saturated rings. The van der Waals surface area contributed by atoms with Crippen molar-refractivity contribution in [3.05, 3.63) is 52.6 Å². The van der Waals surface area contributed by atoms with Crippen molar-refractivity contribution < 1.29 is 9.59 Å². The number of nitriles is 1. The fourth-order valence-corrected chi connectivity index (χ4v) is 5.43. The number of imidazole rings is 1. The summed E-state index contributed by atoms with van der Waals surface area (Å²) in [5.74, 6) is 0.683. The minimum Gasteiger partial charge on any atom is -0.361 e. The van der Waals surface area contributed by atoms with Crippen LogP contribution in [-0.4, -0.2) is 55.6 Å². The van der Waals surface area contributed by atoms with Gasteiger partial charge in [-0.3, -0.25) is 14.7 Å². The number of H-pyrrole nitrogens is 1. The average molecular weight is 537 g/mol. The van der Waals surface area contributed by atoms with Gasteiger partial charge in [0.2, 0.25) is 5.91 Å². The maximum atomic E-state index is 13.3. The summed E-state index contributed by atoms with van der Waals surface area (Å²) in [5.41, 5.74) is 2.75. The molecule has 11 heteroatoms. The van der Waals surface area contributed by atoms with Crippen LogP contribution in [0.2, 0.25) is 5.02 Å². The summed E-state index contributed by atoms with van der Waals surface area (Å²) in [6.45, 7) is 12.7. The highest BCUT2D eigenvalue weighted by Gasteiger charge is 2.36. The SMILES string of the molecule is C=CC(=O)N1C[C@@H](CC#N)[C@@H](NC(=O)c2c(C)nc(CNc3n[nH]c4cc(Cl)c(C(C)(C)C)cc34)n2C)C1. The molecule has 200 valence electrons. The van der Waals surface area contributed by atoms with Crippen LogP contribution in [0, 0.1) is 24.2 Å². The summed E-state index contributed by atoms with van der Waals surface area (Å²) in [6.07, 6.45) is 1.49. The Bertz CT molecular complexity index is 1440. The molecular weight excluding hydrogens is 504 g/mol. The topological polar surface area (TPSA) is 132 Å². The number of amides is 2. The van der Waals surface area contributed by atoms with Crippen molar-refractivity contribution in [2.45, 2.75) is 52.1 Å². The fraction of sp³-hybridized carbons (Fsp3) is 0.444. The van der Waals surface area contributed by atoms with Gasteiger partial charge in [0.15, 0.2) is 5.82 Å². The van der Waals surface area contributed by atoms with E-state index in [0.717, 1.165) is 16.5 Å². The maximum absolute atomic E-state index is 13.3. The second-order valence-corrected chi connectivity index (χ2v) is 11.1. The first-order valence-corrected chi connectivity index (χ1v) is 12.9. The molecule has 0 radical (unpaired) electrons. The number of hydrogen-bond acceptors (Lipinski definition) is 6. The highest BCUT2D eigenvalue weighted by atomic mass is 35.5. The zero-order chi connectivity index (χ0) is 27.8. The van der Waals surface area contributed by atoms with Gasteiger partial charge < -0.3 is 20.1 Å². The van der Waals surface area contributed by atoms with Gasteiger partial charge in [0, 0.05) is 42.9 Å². The third kappa shape index (κ3) is 5.24. The first-order chi connectivity index (χ1) is 17.9. The smallest absolute Gasteiger partial charge is 0.270 e. The van der Waals surface area contributed by atoms with Gasteiger partial charge >= 0.3 is 0 Å². The van der Waals surface area contributed by atoms with Crippen molar-refractivity contribution in [3.8, 4) is 6.07 Å². The Balaban J connectivity index is 1.51. The molecule has 38 heavy (non-hydrogen) atoms. The van der Waals surface area contributed by atoms with Crippen molar-refractivity contribution in [3.63, 3.8) is 0 Å². The van der Waals surface area contributed by atoms with Gasteiger partial charge in [-0.05, 0) is 36.1 Å². The van der Waals surface area contributed by atoms with Crippen molar-refractivity contribution in [2.24, 2.45) is 13.0 Å². The molecule has 1 aliphatic heterocycles. The Hall–Kier alpha value is -3.84. The van der Waals surface area contributed by atoms with Crippen LogP contribution in [0.5, 0.6) is 0 Å². The number of nitrogens with one attached hydrogen (secondary N) is 3. The number of aromatic amines is 1. The van der Waals surface area contributed by atoms with Crippen LogP contribution in [0.1, 0.15) is 54.8 Å². The first-order valence-electron chi connectivity index (χ1n) is 12.5. The van der Waals surface area contributed by atoms with Crippen molar-refractivity contribution in [2.75, 3.05) is 18.4 Å². The van der Waals surface area contributed by atoms with E-state index in [2.05, 4.69) is 59.2 Å². The van der Waals surface area contributed by atoms with Crippen LogP contribution >= 0.6 is 11.6 Å². The van der Waals surface area contributed by atoms with Gasteiger partial charge in [-0.25, -0.2) is 4.98 Å². The fourth-order valence-electron chi connectivity index (χ4n) is 4.98. The van der Waals surface area contributed by atoms with Crippen molar-refractivity contribution >= 4 is 40.1 Å². The number of rotatable bonds is 7. The standard InChI is InChI=1S/C27H33ClN8O2/c1-7-23(37)36-13-16(8-9-29)21(14-36)32-26(38)24-15(2)31-22(35(24)6)12-30-25-17-10-18(27(3,4)5)19(28)11-20(17)33-34-25/h7,10-11,16,21H,1,8,12-14H2,2-6H3,(H,32,38)(H2,30,33,34)/t16-,21+/m1/s1. The molecule has 2 amide bonds. The monoisotopic (exact) mass is 536 g/mol. The van der Waals surface area contributed by atoms with Crippen LogP contribution in [0.4, 0.5) is 5.82 Å². The van der Waals surface area contributed by atoms with E-state index >= 15 is 0 Å². The third-order valence-electron chi connectivity index (χ3n) is 7.05. The predicted octanol–water partition coefficient (Wildman–Crippen LogP) is 3.82. The first kappa shape index (κ1) is 27.2. The Morgan fingerprint density at radius 1 is 1.34 bits per heavy atom. The van der Waals surface area contributed by atoms with E-state index in [9.17, 15) is 14.9 Å². The van der Waals surface area contributed by atoms with E-state index in [1.165, 1.54) is 6.08 Å². The summed E-state index contributed by atoms with van der Waals surface area (Å²) in [5, 5.41) is 24.6. The van der Waals surface area contributed by atoms with Crippen LogP contribution in [0.25, 0.3) is 10.9 Å². The van der Waals surface area contributed by atoms with E-state index in [1.807, 2.05) is 12.1 Å². The molecule has 2 atom stereocenters. The molecule has 1 aliphatic rings. The Morgan fingerprint density at radius 3 is 2.74 bits per heavy atom. The molecule has 0 aliphatic carbocycles. The number of aromatic nitrogens is 4. The molecule has 3 heterocycles. The molecule has 2 aromatic heterocycles. The van der Waals surface area contributed by atoms with E-state index < -0.39 is 0 Å². The second-order valence-electron chi connectivity index (χ2n) is 10.7. The zero-order valence-electron chi connectivity index (χ0n) is 22.4. The molecular formula is C27H33ClN8O2. The quantitative estimate of drug-likeness (QED) is 0.393. The molecule has 1 aromatic carbocycles. The number of anilines is 1. The molecule has 3 aromatic rings. The van der Waals surface area contributed by atoms with Gasteiger partial charge in [-0.1, -0.05) is 39.0 Å². The van der Waals surface area contributed by atoms with E-state index in [1.54, 1.807) is 23.4 Å². The van der Waals surface area contributed by atoms with Crippen LogP contribution in [0.3, 0.4) is 0 Å². The number of fused-ring (bicyclic) bond motifs is 1. The van der Waals surface area contributed by atoms with Gasteiger partial charge in [0.25, 0.3) is 5.91 Å². The molecule has 3 N–H and O–H groups in total. The molecule has 10 nitrogen and oxygen atoms in total. The third-order valence-corrected chi connectivity index (χ3v) is 7.36. The molecule has 0 unspecified atom stereocenters. The largest absolute Gasteiger partial charge is 0.361 e. The van der Waals surface area contributed by atoms with E-state index in [4.69, 9.17) is 11.6 Å². The maximum Gasteiger partial charge on any atom is 0.270 e. The summed E-state index contributed by atoms with van der Waals surface area (Å²) < 4.78 is 1.75. The van der Waals surface area contributed by atoms with Crippen molar-refractivity contribution in [1.82, 2.24) is 30.0 Å². The molecule has 4 rings (SSSR count). The van der Waals surface area contributed by atoms with Crippen molar-refractivity contribution in [1.29, 1.82) is 5.26 Å². The number of benzene rings is 1. The number of hydrogen-bond donors (Lipinski definition) is 3. The van der Waals surface area contributed by atoms with E-state index in [-0.39, 0.29) is 35.6 Å². The Kier molecular flexibility index (Phi) is 7.51. The second kappa shape index (κ2) is 10.5. The number of carbonyl (C=O) groups is 2. The lowest BCUT2D eigenvalue weighted by Gasteiger charge is -2.20. The Labute approximate surface area is 227 Å².